The fraction of sp³-hybridized carbons (Fsp3) is 0.235. The number of aliphatic carboxylic acids is 1. The molecule has 2 nitrogen and oxygen atoms in total. The lowest BCUT2D eigenvalue weighted by molar-refractivity contribution is -0.136. The van der Waals surface area contributed by atoms with Crippen LogP contribution in [0.3, 0.4) is 0 Å². The molecule has 0 spiro atoms. The largest absolute Gasteiger partial charge is 0.480 e. The molecule has 0 fully saturated rings. The predicted octanol–water partition coefficient (Wildman–Crippen LogP) is 4.70. The van der Waals surface area contributed by atoms with Gasteiger partial charge in [-0.15, -0.1) is 0 Å². The lowest BCUT2D eigenvalue weighted by Crippen LogP contribution is -2.21. The Labute approximate surface area is 127 Å². The van der Waals surface area contributed by atoms with Gasteiger partial charge in [-0.2, -0.15) is 0 Å². The number of carboxylic acid groups (broad SMARTS) is 1. The number of carboxylic acids is 1. The molecule has 0 saturated carbocycles. The van der Waals surface area contributed by atoms with E-state index in [2.05, 4.69) is 40.2 Å². The number of halogens is 1. The molecule has 0 heterocycles. The molecule has 0 aliphatic rings. The highest BCUT2D eigenvalue weighted by Crippen LogP contribution is 2.30. The minimum Gasteiger partial charge on any atom is -0.480 e. The summed E-state index contributed by atoms with van der Waals surface area (Å²) in [7, 11) is 0. The van der Waals surface area contributed by atoms with Crippen molar-refractivity contribution in [2.75, 3.05) is 0 Å². The van der Waals surface area contributed by atoms with Gasteiger partial charge in [0.1, 0.15) is 4.83 Å². The third kappa shape index (κ3) is 3.28. The van der Waals surface area contributed by atoms with E-state index in [1.165, 1.54) is 5.56 Å². The summed E-state index contributed by atoms with van der Waals surface area (Å²) < 4.78 is 0. The van der Waals surface area contributed by atoms with Crippen molar-refractivity contribution in [2.24, 2.45) is 0 Å². The number of hydrogen-bond acceptors (Lipinski definition) is 1. The Kier molecular flexibility index (Phi) is 4.96. The van der Waals surface area contributed by atoms with Crippen LogP contribution in [-0.4, -0.2) is 15.9 Å². The van der Waals surface area contributed by atoms with Crippen LogP contribution < -0.4 is 0 Å². The van der Waals surface area contributed by atoms with Crippen LogP contribution in [-0.2, 0) is 4.79 Å². The predicted molar refractivity (Wildman–Crippen MR) is 85.3 cm³/mol. The number of alkyl halides is 1. The van der Waals surface area contributed by atoms with Crippen molar-refractivity contribution in [1.29, 1.82) is 0 Å². The zero-order valence-electron chi connectivity index (χ0n) is 11.3. The first-order valence-corrected chi connectivity index (χ1v) is 7.57. The third-order valence-corrected chi connectivity index (χ3v) is 4.50. The fourth-order valence-corrected chi connectivity index (χ4v) is 3.02. The van der Waals surface area contributed by atoms with E-state index in [0.29, 0.717) is 0 Å². The van der Waals surface area contributed by atoms with Crippen LogP contribution in [0.2, 0.25) is 0 Å². The summed E-state index contributed by atoms with van der Waals surface area (Å²) in [5, 5.41) is 9.13. The van der Waals surface area contributed by atoms with Gasteiger partial charge >= 0.3 is 5.97 Å². The lowest BCUT2D eigenvalue weighted by atomic mass is 9.91. The minimum absolute atomic E-state index is 0.0164. The van der Waals surface area contributed by atoms with Crippen LogP contribution in [0.4, 0.5) is 0 Å². The smallest absolute Gasteiger partial charge is 0.317 e. The molecule has 2 aromatic rings. The van der Waals surface area contributed by atoms with Crippen LogP contribution in [0.5, 0.6) is 0 Å². The van der Waals surface area contributed by atoms with Crippen molar-refractivity contribution in [2.45, 2.75) is 24.1 Å². The SMILES string of the molecule is CCC(c1ccc(-c2ccccc2)cc1)C(Br)C(=O)O. The highest BCUT2D eigenvalue weighted by molar-refractivity contribution is 9.10. The molecule has 0 aliphatic heterocycles. The van der Waals surface area contributed by atoms with E-state index in [9.17, 15) is 4.79 Å². The van der Waals surface area contributed by atoms with E-state index < -0.39 is 10.8 Å². The maximum absolute atomic E-state index is 11.1. The van der Waals surface area contributed by atoms with Gasteiger partial charge in [0.05, 0.1) is 0 Å². The molecule has 0 bridgehead atoms. The average molecular weight is 333 g/mol. The molecule has 0 aliphatic carbocycles. The first-order chi connectivity index (χ1) is 9.63. The molecular weight excluding hydrogens is 316 g/mol. The Morgan fingerprint density at radius 3 is 2.10 bits per heavy atom. The second-order valence-electron chi connectivity index (χ2n) is 4.74. The van der Waals surface area contributed by atoms with Crippen molar-refractivity contribution < 1.29 is 9.90 Å². The summed E-state index contributed by atoms with van der Waals surface area (Å²) in [4.78, 5) is 10.6. The summed E-state index contributed by atoms with van der Waals surface area (Å²) in [5.41, 5.74) is 3.36. The van der Waals surface area contributed by atoms with E-state index in [1.54, 1.807) is 0 Å². The first kappa shape index (κ1) is 14.8. The van der Waals surface area contributed by atoms with Gasteiger partial charge in [0, 0.05) is 5.92 Å². The van der Waals surface area contributed by atoms with Crippen molar-refractivity contribution in [3.05, 3.63) is 60.2 Å². The van der Waals surface area contributed by atoms with Gasteiger partial charge in [-0.3, -0.25) is 4.79 Å². The summed E-state index contributed by atoms with van der Waals surface area (Å²) in [6.45, 7) is 2.01. The average Bonchev–Trinajstić information content (AvgIpc) is 2.49. The molecule has 0 saturated heterocycles. The normalized spacial score (nSPS) is 13.7. The highest BCUT2D eigenvalue weighted by Gasteiger charge is 2.25. The molecular formula is C17H17BrO2. The van der Waals surface area contributed by atoms with Crippen LogP contribution in [0.25, 0.3) is 11.1 Å². The zero-order chi connectivity index (χ0) is 14.5. The van der Waals surface area contributed by atoms with Crippen molar-refractivity contribution in [1.82, 2.24) is 0 Å². The van der Waals surface area contributed by atoms with Gasteiger partial charge in [0.25, 0.3) is 0 Å². The molecule has 2 atom stereocenters. The maximum atomic E-state index is 11.1. The summed E-state index contributed by atoms with van der Waals surface area (Å²) in [6.07, 6.45) is 0.785. The number of hydrogen-bond donors (Lipinski definition) is 1. The molecule has 2 rings (SSSR count). The molecule has 2 unspecified atom stereocenters. The van der Waals surface area contributed by atoms with E-state index in [4.69, 9.17) is 5.11 Å². The van der Waals surface area contributed by atoms with Crippen LogP contribution in [0.1, 0.15) is 24.8 Å². The Balaban J connectivity index is 2.25. The molecule has 0 amide bonds. The monoisotopic (exact) mass is 332 g/mol. The Hall–Kier alpha value is -1.61. The summed E-state index contributed by atoms with van der Waals surface area (Å²) in [5.74, 6) is -0.832. The Bertz CT molecular complexity index is 563. The Morgan fingerprint density at radius 1 is 1.05 bits per heavy atom. The van der Waals surface area contributed by atoms with E-state index in [0.717, 1.165) is 17.5 Å². The highest BCUT2D eigenvalue weighted by atomic mass is 79.9. The van der Waals surface area contributed by atoms with Crippen molar-refractivity contribution >= 4 is 21.9 Å². The van der Waals surface area contributed by atoms with Gasteiger partial charge in [-0.25, -0.2) is 0 Å². The van der Waals surface area contributed by atoms with Gasteiger partial charge in [-0.1, -0.05) is 77.5 Å². The van der Waals surface area contributed by atoms with Crippen LogP contribution >= 0.6 is 15.9 Å². The summed E-state index contributed by atoms with van der Waals surface area (Å²) >= 11 is 3.27. The van der Waals surface area contributed by atoms with Gasteiger partial charge < -0.3 is 5.11 Å². The molecule has 2 aromatic carbocycles. The molecule has 0 aromatic heterocycles. The Morgan fingerprint density at radius 2 is 1.60 bits per heavy atom. The van der Waals surface area contributed by atoms with Crippen molar-refractivity contribution in [3.8, 4) is 11.1 Å². The van der Waals surface area contributed by atoms with Crippen molar-refractivity contribution in [3.63, 3.8) is 0 Å². The van der Waals surface area contributed by atoms with Gasteiger partial charge in [0.15, 0.2) is 0 Å². The quantitative estimate of drug-likeness (QED) is 0.806. The lowest BCUT2D eigenvalue weighted by Gasteiger charge is -2.18. The minimum atomic E-state index is -0.816. The number of benzene rings is 2. The first-order valence-electron chi connectivity index (χ1n) is 6.65. The third-order valence-electron chi connectivity index (χ3n) is 3.47. The van der Waals surface area contributed by atoms with E-state index in [1.807, 2.05) is 37.3 Å². The molecule has 3 heteroatoms. The molecule has 1 N–H and O–H groups in total. The fourth-order valence-electron chi connectivity index (χ4n) is 2.34. The zero-order valence-corrected chi connectivity index (χ0v) is 12.9. The summed E-state index contributed by atoms with van der Waals surface area (Å²) in [6, 6.07) is 18.3. The van der Waals surface area contributed by atoms with Gasteiger partial charge in [0.2, 0.25) is 0 Å². The van der Waals surface area contributed by atoms with Gasteiger partial charge in [-0.05, 0) is 23.1 Å². The van der Waals surface area contributed by atoms with Crippen LogP contribution in [0, 0.1) is 0 Å². The van der Waals surface area contributed by atoms with E-state index >= 15 is 0 Å². The number of rotatable bonds is 5. The topological polar surface area (TPSA) is 37.3 Å². The second-order valence-corrected chi connectivity index (χ2v) is 5.73. The number of carbonyl (C=O) groups is 1. The second kappa shape index (κ2) is 6.71. The molecule has 0 radical (unpaired) electrons. The molecule has 104 valence electrons. The van der Waals surface area contributed by atoms with Crippen LogP contribution in [0.15, 0.2) is 54.6 Å². The van der Waals surface area contributed by atoms with E-state index in [-0.39, 0.29) is 5.92 Å². The maximum Gasteiger partial charge on any atom is 0.317 e. The standard InChI is InChI=1S/C17H17BrO2/c1-2-15(16(18)17(19)20)14-10-8-13(9-11-14)12-6-4-3-5-7-12/h3-11,15-16H,2H2,1H3,(H,19,20). The molecule has 20 heavy (non-hydrogen) atoms.